The summed E-state index contributed by atoms with van der Waals surface area (Å²) in [5.74, 6) is 2.05. The fraction of sp³-hybridized carbons (Fsp3) is 0.379. The number of aromatic nitrogens is 6. The van der Waals surface area contributed by atoms with Gasteiger partial charge in [-0.05, 0) is 70.0 Å². The number of hydrogen-bond donors (Lipinski definition) is 1. The smallest absolute Gasteiger partial charge is 0.266 e. The average molecular weight is 543 g/mol. The summed E-state index contributed by atoms with van der Waals surface area (Å²) in [7, 11) is 0. The fourth-order valence-electron chi connectivity index (χ4n) is 4.97. The molecule has 1 saturated heterocycles. The molecule has 11 nitrogen and oxygen atoms in total. The van der Waals surface area contributed by atoms with E-state index < -0.39 is 0 Å². The van der Waals surface area contributed by atoms with Gasteiger partial charge in [0, 0.05) is 43.0 Å². The monoisotopic (exact) mass is 542 g/mol. The molecule has 0 saturated carbocycles. The molecule has 208 valence electrons. The van der Waals surface area contributed by atoms with Crippen molar-refractivity contribution >= 4 is 11.7 Å². The van der Waals surface area contributed by atoms with Gasteiger partial charge in [0.2, 0.25) is 5.91 Å². The molecule has 1 amide bonds. The molecular weight excluding hydrogens is 508 g/mol. The number of nitrogens with one attached hydrogen (secondary N) is 1. The highest BCUT2D eigenvalue weighted by Crippen LogP contribution is 2.23. The van der Waals surface area contributed by atoms with Gasteiger partial charge in [0.25, 0.3) is 5.56 Å². The highest BCUT2D eigenvalue weighted by molar-refractivity contribution is 5.79. The van der Waals surface area contributed by atoms with E-state index in [4.69, 9.17) is 4.74 Å². The van der Waals surface area contributed by atoms with Crippen molar-refractivity contribution in [1.82, 2.24) is 34.8 Å². The van der Waals surface area contributed by atoms with Crippen molar-refractivity contribution in [2.24, 2.45) is 5.92 Å². The molecule has 1 aromatic carbocycles. The van der Waals surface area contributed by atoms with E-state index in [0.717, 1.165) is 47.9 Å². The number of aryl methyl sites for hydroxylation is 2. The van der Waals surface area contributed by atoms with E-state index in [9.17, 15) is 9.59 Å². The van der Waals surface area contributed by atoms with Crippen LogP contribution in [-0.2, 0) is 11.3 Å². The van der Waals surface area contributed by atoms with Crippen LogP contribution in [0.3, 0.4) is 0 Å². The Labute approximate surface area is 232 Å². The molecule has 1 aliphatic rings. The van der Waals surface area contributed by atoms with Crippen molar-refractivity contribution < 1.29 is 9.53 Å². The summed E-state index contributed by atoms with van der Waals surface area (Å²) >= 11 is 0. The first-order valence-corrected chi connectivity index (χ1v) is 13.6. The maximum absolute atomic E-state index is 13.1. The van der Waals surface area contributed by atoms with Crippen LogP contribution in [0.4, 0.5) is 5.82 Å². The van der Waals surface area contributed by atoms with E-state index in [1.807, 2.05) is 57.2 Å². The molecule has 1 unspecified atom stereocenters. The van der Waals surface area contributed by atoms with Gasteiger partial charge in [-0.2, -0.15) is 10.2 Å². The second-order valence-corrected chi connectivity index (χ2v) is 9.89. The van der Waals surface area contributed by atoms with Crippen molar-refractivity contribution in [3.05, 3.63) is 76.6 Å². The molecule has 1 fully saturated rings. The van der Waals surface area contributed by atoms with Gasteiger partial charge < -0.3 is 15.0 Å². The first kappa shape index (κ1) is 27.0. The van der Waals surface area contributed by atoms with Gasteiger partial charge in [-0.1, -0.05) is 0 Å². The van der Waals surface area contributed by atoms with E-state index >= 15 is 0 Å². The first-order chi connectivity index (χ1) is 19.4. The Morgan fingerprint density at radius 1 is 1.05 bits per heavy atom. The minimum Gasteiger partial charge on any atom is -0.494 e. The van der Waals surface area contributed by atoms with Crippen LogP contribution >= 0.6 is 0 Å². The Hall–Kier alpha value is -4.54. The molecule has 4 aromatic rings. The molecule has 3 aromatic heterocycles. The quantitative estimate of drug-likeness (QED) is 0.343. The van der Waals surface area contributed by atoms with Crippen LogP contribution < -0.4 is 20.5 Å². The van der Waals surface area contributed by atoms with Gasteiger partial charge in [0.05, 0.1) is 30.5 Å². The lowest BCUT2D eigenvalue weighted by molar-refractivity contribution is -0.125. The van der Waals surface area contributed by atoms with Crippen LogP contribution in [0.15, 0.2) is 59.7 Å². The van der Waals surface area contributed by atoms with Crippen LogP contribution in [-0.4, -0.2) is 61.7 Å². The first-order valence-electron chi connectivity index (χ1n) is 13.6. The molecule has 0 spiro atoms. The second kappa shape index (κ2) is 12.1. The summed E-state index contributed by atoms with van der Waals surface area (Å²) in [4.78, 5) is 36.4. The SMILES string of the molecule is CCOc1ccc(-c2ccc(=O)n(CCNC(=O)C3CCCN(c4cc(-n5nc(C)cc5C)ncn4)C3)n2)cc1. The third-order valence-corrected chi connectivity index (χ3v) is 6.93. The van der Waals surface area contributed by atoms with Gasteiger partial charge >= 0.3 is 0 Å². The Kier molecular flexibility index (Phi) is 8.18. The van der Waals surface area contributed by atoms with Gasteiger partial charge in [0.1, 0.15) is 17.9 Å². The minimum absolute atomic E-state index is 0.0340. The number of piperidine rings is 1. The standard InChI is InChI=1S/C29H34N8O3/c1-4-40-24-9-7-22(8-10-24)25-11-12-28(38)36(34-25)15-13-30-29(39)23-6-5-14-35(18-23)26-17-27(32-19-31-26)37-21(3)16-20(2)33-37/h7-12,16-17,19,23H,4-6,13-15,18H2,1-3H3,(H,30,39). The van der Waals surface area contributed by atoms with E-state index in [1.54, 1.807) is 10.7 Å². The number of benzene rings is 1. The van der Waals surface area contributed by atoms with E-state index in [2.05, 4.69) is 30.4 Å². The third-order valence-electron chi connectivity index (χ3n) is 6.93. The summed E-state index contributed by atoms with van der Waals surface area (Å²) < 4.78 is 8.69. The van der Waals surface area contributed by atoms with Crippen LogP contribution in [0.5, 0.6) is 5.75 Å². The van der Waals surface area contributed by atoms with Gasteiger partial charge in [-0.25, -0.2) is 19.3 Å². The largest absolute Gasteiger partial charge is 0.494 e. The Morgan fingerprint density at radius 3 is 2.60 bits per heavy atom. The van der Waals surface area contributed by atoms with Crippen LogP contribution in [0, 0.1) is 19.8 Å². The zero-order valence-corrected chi connectivity index (χ0v) is 23.1. The topological polar surface area (TPSA) is 120 Å². The van der Waals surface area contributed by atoms with E-state index in [1.165, 1.54) is 17.1 Å². The van der Waals surface area contributed by atoms with Crippen molar-refractivity contribution in [3.8, 4) is 22.8 Å². The molecule has 0 bridgehead atoms. The highest BCUT2D eigenvalue weighted by atomic mass is 16.5. The van der Waals surface area contributed by atoms with Gasteiger partial charge in [0.15, 0.2) is 5.82 Å². The van der Waals surface area contributed by atoms with Crippen LogP contribution in [0.25, 0.3) is 17.1 Å². The maximum atomic E-state index is 13.1. The normalized spacial score (nSPS) is 15.2. The minimum atomic E-state index is -0.213. The Morgan fingerprint density at radius 2 is 1.85 bits per heavy atom. The molecule has 0 aliphatic carbocycles. The van der Waals surface area contributed by atoms with Crippen molar-refractivity contribution in [3.63, 3.8) is 0 Å². The summed E-state index contributed by atoms with van der Waals surface area (Å²) in [6.45, 7) is 8.44. The highest BCUT2D eigenvalue weighted by Gasteiger charge is 2.27. The summed E-state index contributed by atoms with van der Waals surface area (Å²) in [6.07, 6.45) is 3.21. The molecular formula is C29H34N8O3. The number of carbonyl (C=O) groups excluding carboxylic acids is 1. The summed E-state index contributed by atoms with van der Waals surface area (Å²) in [5.41, 5.74) is 3.27. The number of amides is 1. The van der Waals surface area contributed by atoms with Gasteiger partial charge in [-0.3, -0.25) is 9.59 Å². The number of anilines is 1. The van der Waals surface area contributed by atoms with Gasteiger partial charge in [-0.15, -0.1) is 0 Å². The van der Waals surface area contributed by atoms with Crippen molar-refractivity contribution in [1.29, 1.82) is 0 Å². The second-order valence-electron chi connectivity index (χ2n) is 9.89. The average Bonchev–Trinajstić information content (AvgIpc) is 3.32. The molecule has 40 heavy (non-hydrogen) atoms. The zero-order chi connectivity index (χ0) is 28.1. The molecule has 11 heteroatoms. The summed E-state index contributed by atoms with van der Waals surface area (Å²) in [6, 6.07) is 14.7. The van der Waals surface area contributed by atoms with Crippen LogP contribution in [0.1, 0.15) is 31.2 Å². The van der Waals surface area contributed by atoms with Crippen molar-refractivity contribution in [2.75, 3.05) is 31.1 Å². The van der Waals surface area contributed by atoms with Crippen molar-refractivity contribution in [2.45, 2.75) is 40.2 Å². The predicted octanol–water partition coefficient (Wildman–Crippen LogP) is 2.93. The molecule has 4 heterocycles. The Balaban J connectivity index is 1.19. The lowest BCUT2D eigenvalue weighted by Gasteiger charge is -2.33. The fourth-order valence-corrected chi connectivity index (χ4v) is 4.97. The Bertz CT molecular complexity index is 1530. The van der Waals surface area contributed by atoms with E-state index in [0.29, 0.717) is 31.2 Å². The van der Waals surface area contributed by atoms with E-state index in [-0.39, 0.29) is 23.9 Å². The molecule has 1 atom stereocenters. The number of rotatable bonds is 9. The third kappa shape index (κ3) is 6.19. The molecule has 5 rings (SSSR count). The predicted molar refractivity (Wildman–Crippen MR) is 152 cm³/mol. The lowest BCUT2D eigenvalue weighted by Crippen LogP contribution is -2.44. The summed E-state index contributed by atoms with van der Waals surface area (Å²) in [5, 5.41) is 12.0. The lowest BCUT2D eigenvalue weighted by atomic mass is 9.97. The zero-order valence-electron chi connectivity index (χ0n) is 23.1. The maximum Gasteiger partial charge on any atom is 0.266 e. The number of hydrogen-bond acceptors (Lipinski definition) is 8. The number of ether oxygens (including phenoxy) is 1. The number of nitrogens with zero attached hydrogens (tertiary/aromatic N) is 7. The number of carbonyl (C=O) groups is 1. The van der Waals surface area contributed by atoms with Crippen LogP contribution in [0.2, 0.25) is 0 Å². The molecule has 1 aliphatic heterocycles. The molecule has 1 N–H and O–H groups in total. The molecule has 0 radical (unpaired) electrons.